The molecule has 1 amide bonds. The fourth-order valence-electron chi connectivity index (χ4n) is 2.86. The van der Waals surface area contributed by atoms with Crippen molar-refractivity contribution in [2.24, 2.45) is 18.7 Å². The Kier molecular flexibility index (Phi) is 4.88. The van der Waals surface area contributed by atoms with Gasteiger partial charge in [0.15, 0.2) is 12.4 Å². The van der Waals surface area contributed by atoms with Crippen molar-refractivity contribution in [2.75, 3.05) is 19.7 Å². The van der Waals surface area contributed by atoms with Crippen LogP contribution in [0.1, 0.15) is 31.2 Å². The summed E-state index contributed by atoms with van der Waals surface area (Å²) in [5.74, 6) is 1.29. The highest BCUT2D eigenvalue weighted by Gasteiger charge is 2.25. The summed E-state index contributed by atoms with van der Waals surface area (Å²) < 4.78 is 7.45. The SMILES string of the molecule is Cc1nn(C)c(C)c1OCC(=O)N1CCC(C(C)N)CC1. The summed E-state index contributed by atoms with van der Waals surface area (Å²) in [4.78, 5) is 14.1. The summed E-state index contributed by atoms with van der Waals surface area (Å²) in [6, 6.07) is 0.208. The van der Waals surface area contributed by atoms with E-state index in [0.29, 0.717) is 5.92 Å². The molecule has 0 saturated carbocycles. The number of carbonyl (C=O) groups excluding carboxylic acids is 1. The number of rotatable bonds is 4. The van der Waals surface area contributed by atoms with Crippen molar-refractivity contribution >= 4 is 5.91 Å². The molecule has 0 bridgehead atoms. The summed E-state index contributed by atoms with van der Waals surface area (Å²) in [6.07, 6.45) is 1.96. The molecule has 1 aromatic heterocycles. The second-order valence-corrected chi connectivity index (χ2v) is 5.99. The zero-order valence-electron chi connectivity index (χ0n) is 13.4. The molecular weight excluding hydrogens is 268 g/mol. The van der Waals surface area contributed by atoms with Crippen molar-refractivity contribution in [3.8, 4) is 5.75 Å². The van der Waals surface area contributed by atoms with E-state index < -0.39 is 0 Å². The first-order chi connectivity index (χ1) is 9.90. The van der Waals surface area contributed by atoms with Crippen LogP contribution in [0.2, 0.25) is 0 Å². The van der Waals surface area contributed by atoms with Crippen LogP contribution in [0.5, 0.6) is 5.75 Å². The molecule has 1 saturated heterocycles. The van der Waals surface area contributed by atoms with Gasteiger partial charge in [0.1, 0.15) is 5.69 Å². The van der Waals surface area contributed by atoms with Gasteiger partial charge in [0.2, 0.25) is 0 Å². The van der Waals surface area contributed by atoms with Crippen LogP contribution in [0.15, 0.2) is 0 Å². The van der Waals surface area contributed by atoms with Gasteiger partial charge >= 0.3 is 0 Å². The predicted molar refractivity (Wildman–Crippen MR) is 81.1 cm³/mol. The lowest BCUT2D eigenvalue weighted by Crippen LogP contribution is -2.44. The molecule has 118 valence electrons. The summed E-state index contributed by atoms with van der Waals surface area (Å²) in [5.41, 5.74) is 7.68. The van der Waals surface area contributed by atoms with E-state index in [1.54, 1.807) is 4.68 Å². The van der Waals surface area contributed by atoms with Gasteiger partial charge in [0.05, 0.1) is 5.69 Å². The molecule has 1 aromatic rings. The first-order valence-corrected chi connectivity index (χ1v) is 7.56. The van der Waals surface area contributed by atoms with E-state index in [2.05, 4.69) is 5.10 Å². The zero-order chi connectivity index (χ0) is 15.6. The molecule has 1 aliphatic heterocycles. The number of piperidine rings is 1. The van der Waals surface area contributed by atoms with Crippen LogP contribution < -0.4 is 10.5 Å². The molecule has 0 radical (unpaired) electrons. The molecule has 2 N–H and O–H groups in total. The molecule has 0 aliphatic carbocycles. The Morgan fingerprint density at radius 1 is 1.43 bits per heavy atom. The van der Waals surface area contributed by atoms with Gasteiger partial charge in [0.25, 0.3) is 5.91 Å². The quantitative estimate of drug-likeness (QED) is 0.899. The topological polar surface area (TPSA) is 73.4 Å². The van der Waals surface area contributed by atoms with Crippen molar-refractivity contribution < 1.29 is 9.53 Å². The maximum absolute atomic E-state index is 12.2. The maximum atomic E-state index is 12.2. The zero-order valence-corrected chi connectivity index (χ0v) is 13.4. The highest BCUT2D eigenvalue weighted by molar-refractivity contribution is 5.77. The number of aryl methyl sites for hydroxylation is 2. The van der Waals surface area contributed by atoms with Crippen molar-refractivity contribution in [3.63, 3.8) is 0 Å². The van der Waals surface area contributed by atoms with Crippen molar-refractivity contribution in [1.29, 1.82) is 0 Å². The normalized spacial score (nSPS) is 17.9. The van der Waals surface area contributed by atoms with Gasteiger partial charge in [-0.2, -0.15) is 5.10 Å². The molecule has 1 atom stereocenters. The Bertz CT molecular complexity index is 502. The molecule has 1 fully saturated rings. The van der Waals surface area contributed by atoms with Gasteiger partial charge in [-0.15, -0.1) is 0 Å². The van der Waals surface area contributed by atoms with Gasteiger partial charge in [0, 0.05) is 26.2 Å². The second kappa shape index (κ2) is 6.47. The second-order valence-electron chi connectivity index (χ2n) is 5.99. The van der Waals surface area contributed by atoms with E-state index in [1.807, 2.05) is 32.7 Å². The molecule has 6 heteroatoms. The Morgan fingerprint density at radius 2 is 2.05 bits per heavy atom. The lowest BCUT2D eigenvalue weighted by atomic mass is 9.91. The highest BCUT2D eigenvalue weighted by Crippen LogP contribution is 2.22. The fraction of sp³-hybridized carbons (Fsp3) is 0.733. The van der Waals surface area contributed by atoms with Gasteiger partial charge in [-0.1, -0.05) is 0 Å². The average molecular weight is 294 g/mol. The lowest BCUT2D eigenvalue weighted by molar-refractivity contribution is -0.134. The molecule has 0 spiro atoms. The summed E-state index contributed by atoms with van der Waals surface area (Å²) in [5, 5.41) is 4.28. The molecule has 1 aliphatic rings. The molecule has 1 unspecified atom stereocenters. The first kappa shape index (κ1) is 15.8. The first-order valence-electron chi connectivity index (χ1n) is 7.56. The van der Waals surface area contributed by atoms with Crippen molar-refractivity contribution in [1.82, 2.24) is 14.7 Å². The van der Waals surface area contributed by atoms with Crippen molar-refractivity contribution in [2.45, 2.75) is 39.7 Å². The molecule has 2 rings (SSSR count). The van der Waals surface area contributed by atoms with Crippen LogP contribution in [0.25, 0.3) is 0 Å². The van der Waals surface area contributed by atoms with E-state index in [9.17, 15) is 4.79 Å². The van der Waals surface area contributed by atoms with Crippen LogP contribution >= 0.6 is 0 Å². The Balaban J connectivity index is 1.86. The van der Waals surface area contributed by atoms with E-state index in [4.69, 9.17) is 10.5 Å². The Morgan fingerprint density at radius 3 is 2.52 bits per heavy atom. The molecule has 0 aromatic carbocycles. The minimum atomic E-state index is 0.0424. The molecule has 21 heavy (non-hydrogen) atoms. The number of nitrogens with zero attached hydrogens (tertiary/aromatic N) is 3. The number of hydrogen-bond acceptors (Lipinski definition) is 4. The number of nitrogens with two attached hydrogens (primary N) is 1. The van der Waals surface area contributed by atoms with Gasteiger partial charge in [-0.3, -0.25) is 9.48 Å². The predicted octanol–water partition coefficient (Wildman–Crippen LogP) is 1.00. The van der Waals surface area contributed by atoms with Crippen LogP contribution in [0.3, 0.4) is 0 Å². The third-order valence-electron chi connectivity index (χ3n) is 4.42. The van der Waals surface area contributed by atoms with Gasteiger partial charge < -0.3 is 15.4 Å². The van der Waals surface area contributed by atoms with E-state index >= 15 is 0 Å². The van der Waals surface area contributed by atoms with E-state index in [1.165, 1.54) is 0 Å². The number of aromatic nitrogens is 2. The van der Waals surface area contributed by atoms with Crippen LogP contribution in [0.4, 0.5) is 0 Å². The number of carbonyl (C=O) groups is 1. The number of hydrogen-bond donors (Lipinski definition) is 1. The minimum absolute atomic E-state index is 0.0424. The summed E-state index contributed by atoms with van der Waals surface area (Å²) in [6.45, 7) is 7.50. The van der Waals surface area contributed by atoms with E-state index in [-0.39, 0.29) is 18.6 Å². The third-order valence-corrected chi connectivity index (χ3v) is 4.42. The number of likely N-dealkylation sites (tertiary alicyclic amines) is 1. The molecule has 2 heterocycles. The minimum Gasteiger partial charge on any atom is -0.480 e. The van der Waals surface area contributed by atoms with Gasteiger partial charge in [-0.25, -0.2) is 0 Å². The van der Waals surface area contributed by atoms with Crippen LogP contribution in [0, 0.1) is 19.8 Å². The Hall–Kier alpha value is -1.56. The summed E-state index contributed by atoms with van der Waals surface area (Å²) >= 11 is 0. The summed E-state index contributed by atoms with van der Waals surface area (Å²) in [7, 11) is 1.87. The molecular formula is C15H26N4O2. The monoisotopic (exact) mass is 294 g/mol. The number of amides is 1. The largest absolute Gasteiger partial charge is 0.480 e. The van der Waals surface area contributed by atoms with Crippen LogP contribution in [-0.2, 0) is 11.8 Å². The third kappa shape index (κ3) is 3.56. The standard InChI is InChI=1S/C15H26N4O2/c1-10(16)13-5-7-19(8-6-13)14(20)9-21-15-11(2)17-18(4)12(15)3/h10,13H,5-9,16H2,1-4H3. The van der Waals surface area contributed by atoms with Crippen molar-refractivity contribution in [3.05, 3.63) is 11.4 Å². The highest BCUT2D eigenvalue weighted by atomic mass is 16.5. The smallest absolute Gasteiger partial charge is 0.260 e. The average Bonchev–Trinajstić information content (AvgIpc) is 2.70. The maximum Gasteiger partial charge on any atom is 0.260 e. The lowest BCUT2D eigenvalue weighted by Gasteiger charge is -2.33. The molecule has 6 nitrogen and oxygen atoms in total. The van der Waals surface area contributed by atoms with E-state index in [0.717, 1.165) is 43.1 Å². The van der Waals surface area contributed by atoms with Gasteiger partial charge in [-0.05, 0) is 39.5 Å². The fourth-order valence-corrected chi connectivity index (χ4v) is 2.86. The van der Waals surface area contributed by atoms with Crippen LogP contribution in [-0.4, -0.2) is 46.3 Å². The number of ether oxygens (including phenoxy) is 1. The Labute approximate surface area is 126 Å².